The van der Waals surface area contributed by atoms with Gasteiger partial charge in [-0.05, 0) is 42.0 Å². The molecule has 5 N–H and O–H groups in total. The van der Waals surface area contributed by atoms with Crippen molar-refractivity contribution in [2.45, 2.75) is 13.0 Å². The van der Waals surface area contributed by atoms with Crippen LogP contribution in [0.15, 0.2) is 60.8 Å². The third-order valence-corrected chi connectivity index (χ3v) is 4.75. The van der Waals surface area contributed by atoms with Crippen molar-refractivity contribution < 1.29 is 14.4 Å². The van der Waals surface area contributed by atoms with E-state index in [4.69, 9.17) is 5.73 Å². The number of primary amides is 1. The first-order valence-electron chi connectivity index (χ1n) is 9.32. The zero-order chi connectivity index (χ0) is 21.1. The molecule has 8 nitrogen and oxygen atoms in total. The molecule has 0 saturated carbocycles. The number of carbonyl (C=O) groups is 3. The maximum atomic E-state index is 12.9. The molecule has 0 fully saturated rings. The minimum atomic E-state index is -0.608. The number of rotatable bonds is 6. The lowest BCUT2D eigenvalue weighted by Crippen LogP contribution is -2.18. The Labute approximate surface area is 172 Å². The SMILES string of the molecule is NC(=O)c1ncccc1CNc1ccccc1C(=O)Nc1ccc2c(c1)CC(=O)N2. The molecule has 8 heteroatoms. The largest absolute Gasteiger partial charge is 0.380 e. The lowest BCUT2D eigenvalue weighted by atomic mass is 10.1. The highest BCUT2D eigenvalue weighted by atomic mass is 16.2. The summed E-state index contributed by atoms with van der Waals surface area (Å²) in [6, 6.07) is 15.8. The zero-order valence-electron chi connectivity index (χ0n) is 15.9. The van der Waals surface area contributed by atoms with Crippen LogP contribution in [0.1, 0.15) is 32.0 Å². The summed E-state index contributed by atoms with van der Waals surface area (Å²) in [6.07, 6.45) is 1.80. The van der Waals surface area contributed by atoms with Crippen molar-refractivity contribution in [1.82, 2.24) is 4.98 Å². The van der Waals surface area contributed by atoms with E-state index in [1.165, 1.54) is 6.20 Å². The molecule has 1 aromatic heterocycles. The zero-order valence-corrected chi connectivity index (χ0v) is 15.9. The van der Waals surface area contributed by atoms with E-state index < -0.39 is 5.91 Å². The highest BCUT2D eigenvalue weighted by molar-refractivity contribution is 6.08. The van der Waals surface area contributed by atoms with Gasteiger partial charge < -0.3 is 21.7 Å². The predicted octanol–water partition coefficient (Wildman–Crippen LogP) is 2.54. The number of nitrogens with zero attached hydrogens (tertiary/aromatic N) is 1. The van der Waals surface area contributed by atoms with Crippen molar-refractivity contribution in [3.63, 3.8) is 0 Å². The fourth-order valence-corrected chi connectivity index (χ4v) is 3.33. The second kappa shape index (κ2) is 8.04. The molecular formula is C22H19N5O3. The summed E-state index contributed by atoms with van der Waals surface area (Å²) < 4.78 is 0. The Kier molecular flexibility index (Phi) is 5.13. The summed E-state index contributed by atoms with van der Waals surface area (Å²) in [5.74, 6) is -0.964. The van der Waals surface area contributed by atoms with Crippen LogP contribution in [-0.4, -0.2) is 22.7 Å². The maximum Gasteiger partial charge on any atom is 0.267 e. The molecule has 0 unspecified atom stereocenters. The summed E-state index contributed by atoms with van der Waals surface area (Å²) in [4.78, 5) is 39.9. The molecular weight excluding hydrogens is 382 g/mol. The highest BCUT2D eigenvalue weighted by Gasteiger charge is 2.19. The molecule has 0 atom stereocenters. The highest BCUT2D eigenvalue weighted by Crippen LogP contribution is 2.27. The summed E-state index contributed by atoms with van der Waals surface area (Å²) in [5.41, 5.74) is 9.46. The van der Waals surface area contributed by atoms with Gasteiger partial charge in [0.25, 0.3) is 11.8 Å². The van der Waals surface area contributed by atoms with Crippen LogP contribution in [0.5, 0.6) is 0 Å². The van der Waals surface area contributed by atoms with Crippen molar-refractivity contribution in [2.75, 3.05) is 16.0 Å². The van der Waals surface area contributed by atoms with E-state index >= 15 is 0 Å². The summed E-state index contributed by atoms with van der Waals surface area (Å²) in [5, 5.41) is 8.81. The van der Waals surface area contributed by atoms with Crippen LogP contribution in [0, 0.1) is 0 Å². The second-order valence-electron chi connectivity index (χ2n) is 6.83. The molecule has 1 aliphatic rings. The normalized spacial score (nSPS) is 12.1. The van der Waals surface area contributed by atoms with Crippen LogP contribution >= 0.6 is 0 Å². The van der Waals surface area contributed by atoms with Gasteiger partial charge in [-0.2, -0.15) is 0 Å². The number of benzene rings is 2. The molecule has 4 rings (SSSR count). The minimum Gasteiger partial charge on any atom is -0.380 e. The first kappa shape index (κ1) is 19.1. The Balaban J connectivity index is 1.51. The smallest absolute Gasteiger partial charge is 0.267 e. The minimum absolute atomic E-state index is 0.0613. The van der Waals surface area contributed by atoms with Gasteiger partial charge in [0.2, 0.25) is 5.91 Å². The van der Waals surface area contributed by atoms with Crippen molar-refractivity contribution in [3.05, 3.63) is 83.2 Å². The van der Waals surface area contributed by atoms with Gasteiger partial charge in [-0.1, -0.05) is 18.2 Å². The quantitative estimate of drug-likeness (QED) is 0.505. The third kappa shape index (κ3) is 3.97. The second-order valence-corrected chi connectivity index (χ2v) is 6.83. The summed E-state index contributed by atoms with van der Waals surface area (Å²) in [7, 11) is 0. The van der Waals surface area contributed by atoms with Crippen LogP contribution < -0.4 is 21.7 Å². The lowest BCUT2D eigenvalue weighted by Gasteiger charge is -2.13. The first-order chi connectivity index (χ1) is 14.5. The Morgan fingerprint density at radius 2 is 1.93 bits per heavy atom. The standard InChI is InChI=1S/C22H19N5O3/c23-21(29)20-13(4-3-9-24-20)12-25-18-6-2-1-5-16(18)22(30)26-15-7-8-17-14(10-15)11-19(28)27-17/h1-10,25H,11-12H2,(H2,23,29)(H,26,30)(H,27,28). The number of carbonyl (C=O) groups excluding carboxylic acids is 3. The van der Waals surface area contributed by atoms with E-state index in [1.54, 1.807) is 48.5 Å². The predicted molar refractivity (Wildman–Crippen MR) is 113 cm³/mol. The molecule has 0 spiro atoms. The summed E-state index contributed by atoms with van der Waals surface area (Å²) in [6.45, 7) is 0.281. The van der Waals surface area contributed by atoms with E-state index in [2.05, 4.69) is 20.9 Å². The molecule has 3 amide bonds. The van der Waals surface area contributed by atoms with Gasteiger partial charge in [-0.3, -0.25) is 19.4 Å². The molecule has 3 aromatic rings. The van der Waals surface area contributed by atoms with Crippen LogP contribution in [0.4, 0.5) is 17.1 Å². The number of nitrogens with one attached hydrogen (secondary N) is 3. The Morgan fingerprint density at radius 3 is 2.77 bits per heavy atom. The number of hydrogen-bond donors (Lipinski definition) is 4. The molecule has 0 bridgehead atoms. The van der Waals surface area contributed by atoms with Crippen LogP contribution in [0.2, 0.25) is 0 Å². The molecule has 1 aliphatic heterocycles. The average Bonchev–Trinajstić information content (AvgIpc) is 3.11. The number of fused-ring (bicyclic) bond motifs is 1. The molecule has 0 radical (unpaired) electrons. The third-order valence-electron chi connectivity index (χ3n) is 4.75. The van der Waals surface area contributed by atoms with E-state index in [-0.39, 0.29) is 24.1 Å². The number of pyridine rings is 1. The summed E-state index contributed by atoms with van der Waals surface area (Å²) >= 11 is 0. The van der Waals surface area contributed by atoms with E-state index in [0.717, 1.165) is 11.3 Å². The van der Waals surface area contributed by atoms with Gasteiger partial charge in [0.15, 0.2) is 0 Å². The molecule has 0 saturated heterocycles. The van der Waals surface area contributed by atoms with Gasteiger partial charge in [-0.15, -0.1) is 0 Å². The lowest BCUT2D eigenvalue weighted by molar-refractivity contribution is -0.115. The number of para-hydroxylation sites is 1. The number of amides is 3. The number of hydrogen-bond acceptors (Lipinski definition) is 5. The van der Waals surface area contributed by atoms with Crippen molar-refractivity contribution in [3.8, 4) is 0 Å². The van der Waals surface area contributed by atoms with Gasteiger partial charge in [0.05, 0.1) is 12.0 Å². The molecule has 2 heterocycles. The van der Waals surface area contributed by atoms with Crippen LogP contribution in [0.3, 0.4) is 0 Å². The Hall–Kier alpha value is -4.20. The fraction of sp³-hybridized carbons (Fsp3) is 0.0909. The van der Waals surface area contributed by atoms with Gasteiger partial charge in [0, 0.05) is 35.4 Å². The van der Waals surface area contributed by atoms with Gasteiger partial charge in [-0.25, -0.2) is 0 Å². The van der Waals surface area contributed by atoms with Crippen molar-refractivity contribution >= 4 is 34.8 Å². The van der Waals surface area contributed by atoms with E-state index in [1.807, 2.05) is 6.07 Å². The number of anilines is 3. The van der Waals surface area contributed by atoms with Crippen LogP contribution in [-0.2, 0) is 17.8 Å². The van der Waals surface area contributed by atoms with E-state index in [0.29, 0.717) is 28.9 Å². The van der Waals surface area contributed by atoms with E-state index in [9.17, 15) is 14.4 Å². The molecule has 150 valence electrons. The van der Waals surface area contributed by atoms with Gasteiger partial charge >= 0.3 is 0 Å². The molecule has 30 heavy (non-hydrogen) atoms. The Morgan fingerprint density at radius 1 is 1.10 bits per heavy atom. The Bertz CT molecular complexity index is 1160. The van der Waals surface area contributed by atoms with Gasteiger partial charge in [0.1, 0.15) is 5.69 Å². The van der Waals surface area contributed by atoms with Crippen molar-refractivity contribution in [2.24, 2.45) is 5.73 Å². The average molecular weight is 401 g/mol. The monoisotopic (exact) mass is 401 g/mol. The topological polar surface area (TPSA) is 126 Å². The fourth-order valence-electron chi connectivity index (χ4n) is 3.33. The maximum absolute atomic E-state index is 12.9. The first-order valence-corrected chi connectivity index (χ1v) is 9.32. The number of aromatic nitrogens is 1. The van der Waals surface area contributed by atoms with Crippen molar-refractivity contribution in [1.29, 1.82) is 0 Å². The molecule has 0 aliphatic carbocycles. The molecule has 2 aromatic carbocycles. The van der Waals surface area contributed by atoms with Crippen LogP contribution in [0.25, 0.3) is 0 Å². The number of nitrogens with two attached hydrogens (primary N) is 1.